The number of likely N-dealkylation sites (tertiary alicyclic amines) is 1. The van der Waals surface area contributed by atoms with Crippen molar-refractivity contribution in [2.45, 2.75) is 25.9 Å². The molecule has 1 heterocycles. The van der Waals surface area contributed by atoms with E-state index < -0.39 is 24.6 Å². The molecule has 0 radical (unpaired) electrons. The Morgan fingerprint density at radius 2 is 1.95 bits per heavy atom. The van der Waals surface area contributed by atoms with Crippen LogP contribution in [-0.2, 0) is 4.79 Å². The minimum absolute atomic E-state index is 0.0544. The quantitative estimate of drug-likeness (QED) is 0.803. The lowest BCUT2D eigenvalue weighted by Crippen LogP contribution is -2.45. The highest BCUT2D eigenvalue weighted by Crippen LogP contribution is 2.30. The highest BCUT2D eigenvalue weighted by molar-refractivity contribution is 5.71. The van der Waals surface area contributed by atoms with E-state index in [2.05, 4.69) is 10.2 Å². The normalized spacial score (nSPS) is 22.2. The summed E-state index contributed by atoms with van der Waals surface area (Å²) in [6, 6.07) is 0. The van der Waals surface area contributed by atoms with Crippen molar-refractivity contribution in [2.24, 2.45) is 11.3 Å². The molecular weight excluding hydrogens is 261 g/mol. The van der Waals surface area contributed by atoms with Crippen LogP contribution in [0.3, 0.4) is 0 Å². The van der Waals surface area contributed by atoms with Gasteiger partial charge in [0.1, 0.15) is 0 Å². The summed E-state index contributed by atoms with van der Waals surface area (Å²) in [5.41, 5.74) is -0.0544. The molecule has 4 nitrogen and oxygen atoms in total. The van der Waals surface area contributed by atoms with E-state index in [1.807, 2.05) is 14.0 Å². The number of nitrogens with one attached hydrogen (secondary N) is 1. The molecule has 0 amide bonds. The summed E-state index contributed by atoms with van der Waals surface area (Å²) in [6.45, 7) is 3.71. The van der Waals surface area contributed by atoms with Crippen molar-refractivity contribution in [3.63, 3.8) is 0 Å². The van der Waals surface area contributed by atoms with Crippen LogP contribution in [0.5, 0.6) is 0 Å². The Labute approximate surface area is 111 Å². The Morgan fingerprint density at radius 1 is 1.42 bits per heavy atom. The Balaban J connectivity index is 2.42. The van der Waals surface area contributed by atoms with Crippen LogP contribution >= 0.6 is 0 Å². The fraction of sp³-hybridized carbons (Fsp3) is 0.917. The number of carbonyl (C=O) groups is 1. The van der Waals surface area contributed by atoms with Gasteiger partial charge in [0.05, 0.1) is 0 Å². The molecule has 0 saturated carbocycles. The van der Waals surface area contributed by atoms with Gasteiger partial charge in [-0.05, 0) is 38.4 Å². The van der Waals surface area contributed by atoms with Crippen LogP contribution in [0.15, 0.2) is 0 Å². The average molecular weight is 282 g/mol. The van der Waals surface area contributed by atoms with Crippen LogP contribution < -0.4 is 5.32 Å². The number of carboxylic acid groups (broad SMARTS) is 1. The van der Waals surface area contributed by atoms with Gasteiger partial charge in [-0.2, -0.15) is 13.2 Å². The van der Waals surface area contributed by atoms with Gasteiger partial charge in [0.15, 0.2) is 5.92 Å². The van der Waals surface area contributed by atoms with E-state index in [0.717, 1.165) is 25.9 Å². The molecule has 1 saturated heterocycles. The van der Waals surface area contributed by atoms with E-state index in [9.17, 15) is 18.0 Å². The zero-order chi connectivity index (χ0) is 14.7. The molecule has 19 heavy (non-hydrogen) atoms. The van der Waals surface area contributed by atoms with Crippen LogP contribution in [0.2, 0.25) is 0 Å². The summed E-state index contributed by atoms with van der Waals surface area (Å²) in [4.78, 5) is 12.8. The minimum Gasteiger partial charge on any atom is -0.481 e. The van der Waals surface area contributed by atoms with Gasteiger partial charge in [0, 0.05) is 13.1 Å². The highest BCUT2D eigenvalue weighted by Gasteiger charge is 2.45. The lowest BCUT2D eigenvalue weighted by atomic mass is 9.80. The molecule has 0 aromatic rings. The van der Waals surface area contributed by atoms with E-state index in [1.165, 1.54) is 0 Å². The molecule has 0 aromatic heterocycles. The van der Waals surface area contributed by atoms with Gasteiger partial charge in [0.2, 0.25) is 0 Å². The summed E-state index contributed by atoms with van der Waals surface area (Å²) >= 11 is 0. The molecule has 0 bridgehead atoms. The second-order valence-corrected chi connectivity index (χ2v) is 5.68. The fourth-order valence-corrected chi connectivity index (χ4v) is 2.20. The molecule has 7 heteroatoms. The van der Waals surface area contributed by atoms with Gasteiger partial charge in [-0.3, -0.25) is 4.79 Å². The van der Waals surface area contributed by atoms with Gasteiger partial charge in [0.25, 0.3) is 0 Å². The number of rotatable bonds is 5. The topological polar surface area (TPSA) is 52.6 Å². The van der Waals surface area contributed by atoms with Crippen LogP contribution in [0.1, 0.15) is 19.8 Å². The van der Waals surface area contributed by atoms with Gasteiger partial charge >= 0.3 is 12.1 Å². The number of piperidine rings is 1. The Kier molecular flexibility index (Phi) is 5.20. The summed E-state index contributed by atoms with van der Waals surface area (Å²) in [6.07, 6.45) is -2.90. The predicted molar refractivity (Wildman–Crippen MR) is 64.9 cm³/mol. The number of hydrogen-bond acceptors (Lipinski definition) is 3. The van der Waals surface area contributed by atoms with Crippen molar-refractivity contribution in [3.05, 3.63) is 0 Å². The standard InChI is InChI=1S/C12H21F3N2O2/c1-11(3-5-17(2)6-4-11)8-16-7-9(10(18)19)12(13,14)15/h9,16H,3-8H2,1-2H3,(H,18,19). The number of carboxylic acids is 1. The highest BCUT2D eigenvalue weighted by atomic mass is 19.4. The number of hydrogen-bond donors (Lipinski definition) is 2. The number of nitrogens with zero attached hydrogens (tertiary/aromatic N) is 1. The summed E-state index contributed by atoms with van der Waals surface area (Å²) < 4.78 is 37.4. The third-order valence-electron chi connectivity index (χ3n) is 3.79. The van der Waals surface area contributed by atoms with Crippen LogP contribution in [0.4, 0.5) is 13.2 Å². The first kappa shape index (κ1) is 16.2. The third-order valence-corrected chi connectivity index (χ3v) is 3.79. The fourth-order valence-electron chi connectivity index (χ4n) is 2.20. The first-order valence-electron chi connectivity index (χ1n) is 6.33. The van der Waals surface area contributed by atoms with E-state index >= 15 is 0 Å². The summed E-state index contributed by atoms with van der Waals surface area (Å²) in [5.74, 6) is -4.16. The summed E-state index contributed by atoms with van der Waals surface area (Å²) in [5, 5.41) is 11.3. The van der Waals surface area contributed by atoms with Gasteiger partial charge in [-0.1, -0.05) is 6.92 Å². The number of alkyl halides is 3. The van der Waals surface area contributed by atoms with Crippen molar-refractivity contribution in [3.8, 4) is 0 Å². The summed E-state index contributed by atoms with van der Waals surface area (Å²) in [7, 11) is 2.01. The Hall–Kier alpha value is -0.820. The SMILES string of the molecule is CN1CCC(C)(CNCC(C(=O)O)C(F)(F)F)CC1. The zero-order valence-electron chi connectivity index (χ0n) is 11.3. The average Bonchev–Trinajstić information content (AvgIpc) is 2.27. The van der Waals surface area contributed by atoms with Crippen molar-refractivity contribution in [2.75, 3.05) is 33.2 Å². The maximum absolute atomic E-state index is 12.5. The Morgan fingerprint density at radius 3 is 2.37 bits per heavy atom. The molecule has 2 N–H and O–H groups in total. The number of aliphatic carboxylic acids is 1. The molecule has 1 aliphatic heterocycles. The van der Waals surface area contributed by atoms with Crippen LogP contribution in [0, 0.1) is 11.3 Å². The number of halogens is 3. The monoisotopic (exact) mass is 282 g/mol. The lowest BCUT2D eigenvalue weighted by molar-refractivity contribution is -0.192. The second kappa shape index (κ2) is 6.09. The smallest absolute Gasteiger partial charge is 0.403 e. The predicted octanol–water partition coefficient (Wildman–Crippen LogP) is 1.57. The first-order valence-corrected chi connectivity index (χ1v) is 6.33. The maximum atomic E-state index is 12.5. The van der Waals surface area contributed by atoms with Crippen LogP contribution in [-0.4, -0.2) is 55.4 Å². The van der Waals surface area contributed by atoms with Crippen molar-refractivity contribution < 1.29 is 23.1 Å². The molecule has 1 fully saturated rings. The van der Waals surface area contributed by atoms with Gasteiger partial charge in [-0.15, -0.1) is 0 Å². The molecule has 1 aliphatic rings. The second-order valence-electron chi connectivity index (χ2n) is 5.68. The largest absolute Gasteiger partial charge is 0.481 e. The molecule has 112 valence electrons. The van der Waals surface area contributed by atoms with E-state index in [4.69, 9.17) is 5.11 Å². The molecular formula is C12H21F3N2O2. The maximum Gasteiger partial charge on any atom is 0.403 e. The zero-order valence-corrected chi connectivity index (χ0v) is 11.3. The third kappa shape index (κ3) is 4.99. The van der Waals surface area contributed by atoms with E-state index in [1.54, 1.807) is 0 Å². The molecule has 1 atom stereocenters. The van der Waals surface area contributed by atoms with Crippen molar-refractivity contribution >= 4 is 5.97 Å². The molecule has 0 spiro atoms. The van der Waals surface area contributed by atoms with Crippen molar-refractivity contribution in [1.29, 1.82) is 0 Å². The molecule has 1 rings (SSSR count). The van der Waals surface area contributed by atoms with Gasteiger partial charge in [-0.25, -0.2) is 0 Å². The molecule has 0 aliphatic carbocycles. The van der Waals surface area contributed by atoms with E-state index in [-0.39, 0.29) is 5.41 Å². The van der Waals surface area contributed by atoms with Crippen molar-refractivity contribution in [1.82, 2.24) is 10.2 Å². The van der Waals surface area contributed by atoms with Gasteiger partial charge < -0.3 is 15.3 Å². The molecule has 0 aromatic carbocycles. The van der Waals surface area contributed by atoms with Crippen LogP contribution in [0.25, 0.3) is 0 Å². The first-order chi connectivity index (χ1) is 8.64. The molecule has 1 unspecified atom stereocenters. The Bertz CT molecular complexity index is 313. The minimum atomic E-state index is -4.70. The lowest BCUT2D eigenvalue weighted by Gasteiger charge is -2.38. The van der Waals surface area contributed by atoms with E-state index in [0.29, 0.717) is 6.54 Å².